The molecule has 1 aromatic rings. The summed E-state index contributed by atoms with van der Waals surface area (Å²) in [5.41, 5.74) is 7.09. The fraction of sp³-hybridized carbons (Fsp3) is 0.600. The van der Waals surface area contributed by atoms with Crippen LogP contribution in [0.4, 0.5) is 4.39 Å². The second-order valence-electron chi connectivity index (χ2n) is 6.18. The SMILES string of the molecule is CC1(C)CCC(CN)C(c2cc(F)ccc2Cl)C1. The second-order valence-corrected chi connectivity index (χ2v) is 6.58. The van der Waals surface area contributed by atoms with Crippen LogP contribution in [0.1, 0.15) is 44.6 Å². The first kappa shape index (κ1) is 13.8. The number of halogens is 2. The third-order valence-corrected chi connectivity index (χ3v) is 4.54. The predicted molar refractivity (Wildman–Crippen MR) is 74.3 cm³/mol. The van der Waals surface area contributed by atoms with Crippen LogP contribution in [0.25, 0.3) is 0 Å². The zero-order valence-electron chi connectivity index (χ0n) is 11.0. The molecule has 0 amide bonds. The lowest BCUT2D eigenvalue weighted by Crippen LogP contribution is -2.32. The van der Waals surface area contributed by atoms with Crippen molar-refractivity contribution in [2.75, 3.05) is 6.54 Å². The molecule has 0 spiro atoms. The summed E-state index contributed by atoms with van der Waals surface area (Å²) in [4.78, 5) is 0. The minimum atomic E-state index is -0.214. The van der Waals surface area contributed by atoms with Gasteiger partial charge in [-0.15, -0.1) is 0 Å². The van der Waals surface area contributed by atoms with E-state index in [0.717, 1.165) is 18.4 Å². The van der Waals surface area contributed by atoms with E-state index < -0.39 is 0 Å². The molecule has 1 aliphatic rings. The topological polar surface area (TPSA) is 26.0 Å². The van der Waals surface area contributed by atoms with Crippen molar-refractivity contribution in [3.8, 4) is 0 Å². The van der Waals surface area contributed by atoms with Crippen molar-refractivity contribution < 1.29 is 4.39 Å². The van der Waals surface area contributed by atoms with Gasteiger partial charge >= 0.3 is 0 Å². The van der Waals surface area contributed by atoms with E-state index in [4.69, 9.17) is 17.3 Å². The van der Waals surface area contributed by atoms with Crippen LogP contribution in [0.15, 0.2) is 18.2 Å². The Kier molecular flexibility index (Phi) is 3.98. The Morgan fingerprint density at radius 1 is 1.44 bits per heavy atom. The van der Waals surface area contributed by atoms with Gasteiger partial charge in [-0.2, -0.15) is 0 Å². The van der Waals surface area contributed by atoms with Gasteiger partial charge < -0.3 is 5.73 Å². The summed E-state index contributed by atoms with van der Waals surface area (Å²) in [5.74, 6) is 0.479. The van der Waals surface area contributed by atoms with Crippen LogP contribution in [-0.2, 0) is 0 Å². The molecule has 1 aliphatic carbocycles. The van der Waals surface area contributed by atoms with Gasteiger partial charge in [0, 0.05) is 5.02 Å². The number of rotatable bonds is 2. The summed E-state index contributed by atoms with van der Waals surface area (Å²) >= 11 is 6.24. The van der Waals surface area contributed by atoms with Crippen LogP contribution in [0.5, 0.6) is 0 Å². The average Bonchev–Trinajstić information content (AvgIpc) is 2.31. The maximum atomic E-state index is 13.4. The van der Waals surface area contributed by atoms with Gasteiger partial charge in [0.2, 0.25) is 0 Å². The minimum Gasteiger partial charge on any atom is -0.330 e. The van der Waals surface area contributed by atoms with Crippen LogP contribution in [0, 0.1) is 17.2 Å². The van der Waals surface area contributed by atoms with Crippen LogP contribution in [-0.4, -0.2) is 6.54 Å². The van der Waals surface area contributed by atoms with Gasteiger partial charge in [0.05, 0.1) is 0 Å². The molecule has 2 rings (SSSR count). The van der Waals surface area contributed by atoms with E-state index >= 15 is 0 Å². The fourth-order valence-electron chi connectivity index (χ4n) is 3.09. The molecule has 2 N–H and O–H groups in total. The van der Waals surface area contributed by atoms with Crippen molar-refractivity contribution in [3.63, 3.8) is 0 Å². The smallest absolute Gasteiger partial charge is 0.123 e. The van der Waals surface area contributed by atoms with Gasteiger partial charge in [0.25, 0.3) is 0 Å². The van der Waals surface area contributed by atoms with Gasteiger partial charge in [-0.25, -0.2) is 4.39 Å². The molecule has 1 nitrogen and oxygen atoms in total. The molecular formula is C15H21ClFN. The number of hydrogen-bond donors (Lipinski definition) is 1. The molecule has 2 atom stereocenters. The van der Waals surface area contributed by atoms with Crippen LogP contribution in [0.3, 0.4) is 0 Å². The highest BCUT2D eigenvalue weighted by Crippen LogP contribution is 2.47. The molecule has 100 valence electrons. The summed E-state index contributed by atoms with van der Waals surface area (Å²) in [6.45, 7) is 5.17. The van der Waals surface area contributed by atoms with Crippen molar-refractivity contribution in [1.29, 1.82) is 0 Å². The first-order chi connectivity index (χ1) is 8.43. The lowest BCUT2D eigenvalue weighted by Gasteiger charge is -2.41. The van der Waals surface area contributed by atoms with Crippen molar-refractivity contribution in [1.82, 2.24) is 0 Å². The molecule has 3 heteroatoms. The molecule has 0 radical (unpaired) electrons. The Labute approximate surface area is 114 Å². The normalized spacial score (nSPS) is 27.2. The lowest BCUT2D eigenvalue weighted by molar-refractivity contribution is 0.165. The largest absolute Gasteiger partial charge is 0.330 e. The van der Waals surface area contributed by atoms with Crippen LogP contribution >= 0.6 is 11.6 Å². The van der Waals surface area contributed by atoms with Crippen molar-refractivity contribution >= 4 is 11.6 Å². The molecular weight excluding hydrogens is 249 g/mol. The second kappa shape index (κ2) is 5.18. The van der Waals surface area contributed by atoms with E-state index in [0.29, 0.717) is 17.5 Å². The zero-order chi connectivity index (χ0) is 13.3. The molecule has 1 fully saturated rings. The Morgan fingerprint density at radius 3 is 2.83 bits per heavy atom. The summed E-state index contributed by atoms with van der Waals surface area (Å²) in [6, 6.07) is 4.65. The molecule has 18 heavy (non-hydrogen) atoms. The molecule has 0 aromatic heterocycles. The van der Waals surface area contributed by atoms with Gasteiger partial charge in [-0.3, -0.25) is 0 Å². The lowest BCUT2D eigenvalue weighted by atomic mass is 9.65. The summed E-state index contributed by atoms with van der Waals surface area (Å²) in [6.07, 6.45) is 3.30. The van der Waals surface area contributed by atoms with E-state index in [9.17, 15) is 4.39 Å². The Hall–Kier alpha value is -0.600. The van der Waals surface area contributed by atoms with Crippen molar-refractivity contribution in [2.45, 2.75) is 39.0 Å². The zero-order valence-corrected chi connectivity index (χ0v) is 11.8. The van der Waals surface area contributed by atoms with E-state index in [-0.39, 0.29) is 17.2 Å². The third-order valence-electron chi connectivity index (χ3n) is 4.19. The summed E-state index contributed by atoms with van der Waals surface area (Å²) < 4.78 is 13.4. The van der Waals surface area contributed by atoms with Crippen LogP contribution < -0.4 is 5.73 Å². The number of benzene rings is 1. The van der Waals surface area contributed by atoms with E-state index in [1.807, 2.05) is 0 Å². The first-order valence-corrected chi connectivity index (χ1v) is 6.96. The minimum absolute atomic E-state index is 0.214. The molecule has 0 aliphatic heterocycles. The Bertz CT molecular complexity index is 431. The van der Waals surface area contributed by atoms with Gasteiger partial charge in [0.1, 0.15) is 5.82 Å². The van der Waals surface area contributed by atoms with Gasteiger partial charge in [-0.1, -0.05) is 25.4 Å². The van der Waals surface area contributed by atoms with Crippen LogP contribution in [0.2, 0.25) is 5.02 Å². The number of nitrogens with two attached hydrogens (primary N) is 1. The maximum Gasteiger partial charge on any atom is 0.123 e. The summed E-state index contributed by atoms with van der Waals surface area (Å²) in [7, 11) is 0. The van der Waals surface area contributed by atoms with E-state index in [1.54, 1.807) is 12.1 Å². The van der Waals surface area contributed by atoms with E-state index in [1.165, 1.54) is 12.5 Å². The Balaban J connectivity index is 2.35. The molecule has 0 saturated heterocycles. The highest BCUT2D eigenvalue weighted by Gasteiger charge is 2.35. The molecule has 1 saturated carbocycles. The highest BCUT2D eigenvalue weighted by molar-refractivity contribution is 6.31. The van der Waals surface area contributed by atoms with Gasteiger partial charge in [0.15, 0.2) is 0 Å². The third kappa shape index (κ3) is 2.86. The van der Waals surface area contributed by atoms with Gasteiger partial charge in [-0.05, 0) is 66.8 Å². The molecule has 0 heterocycles. The standard InChI is InChI=1S/C15H21ClFN/c1-15(2)6-5-10(9-18)13(8-15)12-7-11(17)3-4-14(12)16/h3-4,7,10,13H,5-6,8-9,18H2,1-2H3. The predicted octanol–water partition coefficient (Wildman–Crippen LogP) is 4.35. The van der Waals surface area contributed by atoms with Crippen molar-refractivity contribution in [3.05, 3.63) is 34.6 Å². The Morgan fingerprint density at radius 2 is 2.17 bits per heavy atom. The fourth-order valence-corrected chi connectivity index (χ4v) is 3.34. The average molecular weight is 270 g/mol. The summed E-state index contributed by atoms with van der Waals surface area (Å²) in [5, 5.41) is 0.664. The van der Waals surface area contributed by atoms with E-state index in [2.05, 4.69) is 13.8 Å². The highest BCUT2D eigenvalue weighted by atomic mass is 35.5. The maximum absolute atomic E-state index is 13.4. The number of hydrogen-bond acceptors (Lipinski definition) is 1. The monoisotopic (exact) mass is 269 g/mol. The molecule has 0 bridgehead atoms. The van der Waals surface area contributed by atoms with Crippen molar-refractivity contribution in [2.24, 2.45) is 17.1 Å². The molecule has 2 unspecified atom stereocenters. The quantitative estimate of drug-likeness (QED) is 0.849. The molecule has 1 aromatic carbocycles. The first-order valence-electron chi connectivity index (χ1n) is 6.58.